The van der Waals surface area contributed by atoms with Gasteiger partial charge in [0.1, 0.15) is 5.65 Å². The molecular formula is C17H17N3OS. The molecule has 4 nitrogen and oxygen atoms in total. The van der Waals surface area contributed by atoms with Crippen LogP contribution in [0, 0.1) is 0 Å². The van der Waals surface area contributed by atoms with Crippen molar-refractivity contribution in [3.05, 3.63) is 58.7 Å². The van der Waals surface area contributed by atoms with Gasteiger partial charge in [0.25, 0.3) is 0 Å². The van der Waals surface area contributed by atoms with E-state index in [2.05, 4.69) is 9.38 Å². The number of nitrogens with zero attached hydrogens (tertiary/aromatic N) is 3. The summed E-state index contributed by atoms with van der Waals surface area (Å²) in [5, 5.41) is 2.02. The fourth-order valence-corrected chi connectivity index (χ4v) is 3.44. The maximum atomic E-state index is 12.7. The average Bonchev–Trinajstić information content (AvgIpc) is 3.08. The van der Waals surface area contributed by atoms with E-state index in [1.807, 2.05) is 53.0 Å². The van der Waals surface area contributed by atoms with Gasteiger partial charge in [0.15, 0.2) is 0 Å². The minimum Gasteiger partial charge on any atom is -0.334 e. The number of amides is 1. The molecule has 0 saturated heterocycles. The number of carbonyl (C=O) groups is 1. The smallest absolute Gasteiger partial charge is 0.228 e. The van der Waals surface area contributed by atoms with Crippen LogP contribution in [0.3, 0.4) is 0 Å². The summed E-state index contributed by atoms with van der Waals surface area (Å²) in [6.07, 6.45) is 6.63. The first-order valence-corrected chi connectivity index (χ1v) is 8.42. The van der Waals surface area contributed by atoms with Gasteiger partial charge >= 0.3 is 0 Å². The molecule has 3 aromatic heterocycles. The zero-order valence-corrected chi connectivity index (χ0v) is 13.0. The quantitative estimate of drug-likeness (QED) is 0.726. The Balaban J connectivity index is 1.56. The Morgan fingerprint density at radius 1 is 1.32 bits per heavy atom. The molecular weight excluding hydrogens is 294 g/mol. The van der Waals surface area contributed by atoms with Crippen LogP contribution in [0.5, 0.6) is 0 Å². The second kappa shape index (κ2) is 5.57. The molecule has 0 aromatic carbocycles. The van der Waals surface area contributed by atoms with E-state index in [4.69, 9.17) is 0 Å². The van der Waals surface area contributed by atoms with Gasteiger partial charge in [-0.25, -0.2) is 4.98 Å². The Kier molecular flexibility index (Phi) is 3.42. The van der Waals surface area contributed by atoms with Crippen molar-refractivity contribution in [1.82, 2.24) is 14.3 Å². The Hall–Kier alpha value is -2.14. The van der Waals surface area contributed by atoms with Gasteiger partial charge in [0, 0.05) is 17.1 Å². The van der Waals surface area contributed by atoms with E-state index in [0.29, 0.717) is 19.0 Å². The molecule has 5 heteroatoms. The van der Waals surface area contributed by atoms with Gasteiger partial charge in [-0.2, -0.15) is 0 Å². The van der Waals surface area contributed by atoms with E-state index in [1.165, 1.54) is 0 Å². The van der Waals surface area contributed by atoms with Gasteiger partial charge in [-0.05, 0) is 36.4 Å². The van der Waals surface area contributed by atoms with Crippen LogP contribution in [0.1, 0.15) is 23.4 Å². The molecule has 4 rings (SSSR count). The third-order valence-electron chi connectivity index (χ3n) is 4.04. The molecule has 3 aromatic rings. The Morgan fingerprint density at radius 2 is 2.23 bits per heavy atom. The zero-order valence-electron chi connectivity index (χ0n) is 12.2. The summed E-state index contributed by atoms with van der Waals surface area (Å²) < 4.78 is 2.06. The van der Waals surface area contributed by atoms with Crippen molar-refractivity contribution in [2.45, 2.75) is 31.8 Å². The summed E-state index contributed by atoms with van der Waals surface area (Å²) in [6, 6.07) is 10.4. The van der Waals surface area contributed by atoms with Crippen molar-refractivity contribution >= 4 is 22.9 Å². The minimum atomic E-state index is 0.218. The highest BCUT2D eigenvalue weighted by Crippen LogP contribution is 2.29. The predicted octanol–water partition coefficient (Wildman–Crippen LogP) is 3.13. The first-order chi connectivity index (χ1) is 10.8. The van der Waals surface area contributed by atoms with Crippen molar-refractivity contribution in [1.29, 1.82) is 0 Å². The number of rotatable bonds is 5. The summed E-state index contributed by atoms with van der Waals surface area (Å²) in [6.45, 7) is 0.639. The van der Waals surface area contributed by atoms with Crippen molar-refractivity contribution in [3.8, 4) is 0 Å². The van der Waals surface area contributed by atoms with Crippen molar-refractivity contribution in [3.63, 3.8) is 0 Å². The van der Waals surface area contributed by atoms with Gasteiger partial charge < -0.3 is 9.30 Å². The molecule has 1 saturated carbocycles. The van der Waals surface area contributed by atoms with Gasteiger partial charge in [-0.1, -0.05) is 12.1 Å². The minimum absolute atomic E-state index is 0.218. The van der Waals surface area contributed by atoms with Gasteiger partial charge in [0.2, 0.25) is 5.91 Å². The maximum absolute atomic E-state index is 12.7. The van der Waals surface area contributed by atoms with Crippen LogP contribution in [-0.4, -0.2) is 26.2 Å². The zero-order chi connectivity index (χ0) is 14.9. The van der Waals surface area contributed by atoms with E-state index >= 15 is 0 Å². The number of aromatic nitrogens is 2. The molecule has 1 aliphatic carbocycles. The number of imidazole rings is 1. The fraction of sp³-hybridized carbons (Fsp3) is 0.294. The monoisotopic (exact) mass is 311 g/mol. The first-order valence-electron chi connectivity index (χ1n) is 7.54. The molecule has 0 radical (unpaired) electrons. The van der Waals surface area contributed by atoms with Crippen LogP contribution in [0.4, 0.5) is 0 Å². The van der Waals surface area contributed by atoms with E-state index in [1.54, 1.807) is 11.3 Å². The molecule has 112 valence electrons. The van der Waals surface area contributed by atoms with E-state index in [9.17, 15) is 4.79 Å². The second-order valence-electron chi connectivity index (χ2n) is 5.69. The highest BCUT2D eigenvalue weighted by molar-refractivity contribution is 7.10. The van der Waals surface area contributed by atoms with Crippen molar-refractivity contribution in [2.75, 3.05) is 0 Å². The first kappa shape index (κ1) is 13.5. The third kappa shape index (κ3) is 2.64. The van der Waals surface area contributed by atoms with E-state index < -0.39 is 0 Å². The third-order valence-corrected chi connectivity index (χ3v) is 4.92. The number of thiophene rings is 1. The summed E-state index contributed by atoms with van der Waals surface area (Å²) in [5.41, 5.74) is 2.00. The Labute approximate surface area is 133 Å². The fourth-order valence-electron chi connectivity index (χ4n) is 2.75. The highest BCUT2D eigenvalue weighted by Gasteiger charge is 2.33. The molecule has 0 N–H and O–H groups in total. The summed E-state index contributed by atoms with van der Waals surface area (Å²) >= 11 is 1.65. The van der Waals surface area contributed by atoms with Crippen LogP contribution in [-0.2, 0) is 17.8 Å². The lowest BCUT2D eigenvalue weighted by Gasteiger charge is -2.22. The average molecular weight is 311 g/mol. The van der Waals surface area contributed by atoms with Crippen LogP contribution in [0.15, 0.2) is 48.1 Å². The molecule has 0 atom stereocenters. The largest absolute Gasteiger partial charge is 0.334 e. The topological polar surface area (TPSA) is 37.6 Å². The standard InChI is InChI=1S/C17H17N3OS/c21-17(10-15-4-3-9-22-15)20(13-6-7-13)12-14-11-18-16-5-1-2-8-19(14)16/h1-5,8-9,11,13H,6-7,10,12H2. The molecule has 3 heterocycles. The molecule has 1 aliphatic rings. The second-order valence-corrected chi connectivity index (χ2v) is 6.72. The number of fused-ring (bicyclic) bond motifs is 1. The van der Waals surface area contributed by atoms with E-state index in [-0.39, 0.29) is 5.91 Å². The lowest BCUT2D eigenvalue weighted by Crippen LogP contribution is -2.34. The molecule has 1 fully saturated rings. The van der Waals surface area contributed by atoms with Crippen LogP contribution >= 0.6 is 11.3 Å². The number of hydrogen-bond acceptors (Lipinski definition) is 3. The van der Waals surface area contributed by atoms with Crippen molar-refractivity contribution < 1.29 is 4.79 Å². The van der Waals surface area contributed by atoms with Crippen LogP contribution in [0.25, 0.3) is 5.65 Å². The number of carbonyl (C=O) groups excluding carboxylic acids is 1. The van der Waals surface area contributed by atoms with Gasteiger partial charge in [-0.3, -0.25) is 4.79 Å². The van der Waals surface area contributed by atoms with Crippen molar-refractivity contribution in [2.24, 2.45) is 0 Å². The molecule has 0 unspecified atom stereocenters. The SMILES string of the molecule is O=C(Cc1cccs1)N(Cc1cnc2ccccn12)C1CC1. The van der Waals surface area contributed by atoms with Crippen LogP contribution < -0.4 is 0 Å². The van der Waals surface area contributed by atoms with Gasteiger partial charge in [0.05, 0.1) is 24.9 Å². The lowest BCUT2D eigenvalue weighted by molar-refractivity contribution is -0.131. The van der Waals surface area contributed by atoms with Crippen LogP contribution in [0.2, 0.25) is 0 Å². The molecule has 22 heavy (non-hydrogen) atoms. The molecule has 0 spiro atoms. The Morgan fingerprint density at radius 3 is 3.00 bits per heavy atom. The summed E-state index contributed by atoms with van der Waals surface area (Å²) in [4.78, 5) is 20.2. The summed E-state index contributed by atoms with van der Waals surface area (Å²) in [7, 11) is 0. The summed E-state index contributed by atoms with van der Waals surface area (Å²) in [5.74, 6) is 0.218. The van der Waals surface area contributed by atoms with Gasteiger partial charge in [-0.15, -0.1) is 11.3 Å². The number of pyridine rings is 1. The molecule has 1 amide bonds. The highest BCUT2D eigenvalue weighted by atomic mass is 32.1. The van der Waals surface area contributed by atoms with E-state index in [0.717, 1.165) is 29.1 Å². The lowest BCUT2D eigenvalue weighted by atomic mass is 10.3. The molecule has 0 aliphatic heterocycles. The normalized spacial score (nSPS) is 14.4. The number of hydrogen-bond donors (Lipinski definition) is 0. The maximum Gasteiger partial charge on any atom is 0.228 e. The molecule has 0 bridgehead atoms. The predicted molar refractivity (Wildman–Crippen MR) is 86.8 cm³/mol. The Bertz CT molecular complexity index is 789.